The molecule has 1 saturated heterocycles. The Morgan fingerprint density at radius 3 is 2.53 bits per heavy atom. The van der Waals surface area contributed by atoms with Crippen molar-refractivity contribution in [2.45, 2.75) is 6.92 Å². The molecule has 96 valence electrons. The minimum absolute atomic E-state index is 0. The smallest absolute Gasteiger partial charge is 0.324 e. The van der Waals surface area contributed by atoms with Crippen molar-refractivity contribution < 1.29 is 9.32 Å². The van der Waals surface area contributed by atoms with E-state index >= 15 is 0 Å². The van der Waals surface area contributed by atoms with E-state index in [0.717, 1.165) is 0 Å². The first-order chi connectivity index (χ1) is 7.70. The fourth-order valence-corrected chi connectivity index (χ4v) is 1.82. The average Bonchev–Trinajstić information content (AvgIpc) is 2.75. The summed E-state index contributed by atoms with van der Waals surface area (Å²) in [6.45, 7) is 4.47. The summed E-state index contributed by atoms with van der Waals surface area (Å²) in [7, 11) is 0. The SMILES string of the molecule is Cc1noc(N2CCN(C(=O)CCl)CC2)n1.Cl. The van der Waals surface area contributed by atoms with E-state index in [0.29, 0.717) is 38.0 Å². The quantitative estimate of drug-likeness (QED) is 0.746. The molecule has 1 aliphatic rings. The van der Waals surface area contributed by atoms with E-state index in [1.165, 1.54) is 0 Å². The Bertz CT molecular complexity index is 377. The standard InChI is InChI=1S/C9H13ClN4O2.ClH/c1-7-11-9(16-12-7)14-4-2-13(3-5-14)8(15)6-10;/h2-6H2,1H3;1H. The third kappa shape index (κ3) is 3.23. The molecule has 1 aliphatic heterocycles. The van der Waals surface area contributed by atoms with Crippen molar-refractivity contribution in [3.8, 4) is 0 Å². The van der Waals surface area contributed by atoms with Crippen molar-refractivity contribution >= 4 is 35.9 Å². The van der Waals surface area contributed by atoms with Gasteiger partial charge >= 0.3 is 6.01 Å². The molecule has 17 heavy (non-hydrogen) atoms. The van der Waals surface area contributed by atoms with Gasteiger partial charge in [-0.25, -0.2) is 0 Å². The van der Waals surface area contributed by atoms with Crippen LogP contribution in [-0.4, -0.2) is 53.0 Å². The first-order valence-electron chi connectivity index (χ1n) is 5.09. The summed E-state index contributed by atoms with van der Waals surface area (Å²) < 4.78 is 5.06. The lowest BCUT2D eigenvalue weighted by Gasteiger charge is -2.33. The maximum atomic E-state index is 11.3. The lowest BCUT2D eigenvalue weighted by atomic mass is 10.3. The molecule has 2 heterocycles. The van der Waals surface area contributed by atoms with E-state index in [2.05, 4.69) is 10.1 Å². The third-order valence-electron chi connectivity index (χ3n) is 2.53. The molecule has 1 aromatic heterocycles. The zero-order valence-electron chi connectivity index (χ0n) is 9.43. The van der Waals surface area contributed by atoms with Gasteiger partial charge in [0.2, 0.25) is 5.91 Å². The van der Waals surface area contributed by atoms with Gasteiger partial charge in [-0.1, -0.05) is 5.16 Å². The van der Waals surface area contributed by atoms with Gasteiger partial charge in [0.05, 0.1) is 0 Å². The van der Waals surface area contributed by atoms with Crippen LogP contribution in [0.15, 0.2) is 4.52 Å². The van der Waals surface area contributed by atoms with Crippen LogP contribution < -0.4 is 4.90 Å². The normalized spacial score (nSPS) is 15.6. The van der Waals surface area contributed by atoms with Crippen molar-refractivity contribution in [3.05, 3.63) is 5.82 Å². The zero-order chi connectivity index (χ0) is 11.5. The highest BCUT2D eigenvalue weighted by molar-refractivity contribution is 6.27. The minimum atomic E-state index is -0.0250. The van der Waals surface area contributed by atoms with Crippen LogP contribution in [0.3, 0.4) is 0 Å². The summed E-state index contributed by atoms with van der Waals surface area (Å²) in [5.41, 5.74) is 0. The van der Waals surface area contributed by atoms with Crippen LogP contribution in [0.2, 0.25) is 0 Å². The predicted molar refractivity (Wildman–Crippen MR) is 65.8 cm³/mol. The Balaban J connectivity index is 0.00000144. The molecule has 0 N–H and O–H groups in total. The van der Waals surface area contributed by atoms with Gasteiger partial charge in [-0.3, -0.25) is 4.79 Å². The molecule has 1 amide bonds. The van der Waals surface area contributed by atoms with Crippen molar-refractivity contribution in [1.29, 1.82) is 0 Å². The fraction of sp³-hybridized carbons (Fsp3) is 0.667. The molecule has 2 rings (SSSR count). The summed E-state index contributed by atoms with van der Waals surface area (Å²) in [4.78, 5) is 19.2. The molecular formula is C9H14Cl2N4O2. The van der Waals surface area contributed by atoms with Crippen molar-refractivity contribution in [1.82, 2.24) is 15.0 Å². The maximum absolute atomic E-state index is 11.3. The maximum Gasteiger partial charge on any atom is 0.324 e. The van der Waals surface area contributed by atoms with E-state index in [1.54, 1.807) is 11.8 Å². The number of hydrogen-bond acceptors (Lipinski definition) is 5. The number of piperazine rings is 1. The Morgan fingerprint density at radius 1 is 1.41 bits per heavy atom. The van der Waals surface area contributed by atoms with Crippen LogP contribution >= 0.6 is 24.0 Å². The lowest BCUT2D eigenvalue weighted by Crippen LogP contribution is -2.49. The Labute approximate surface area is 110 Å². The monoisotopic (exact) mass is 280 g/mol. The summed E-state index contributed by atoms with van der Waals surface area (Å²) in [6, 6.07) is 0.524. The van der Waals surface area contributed by atoms with Crippen molar-refractivity contribution in [2.24, 2.45) is 0 Å². The average molecular weight is 281 g/mol. The second-order valence-electron chi connectivity index (χ2n) is 3.63. The molecule has 0 radical (unpaired) electrons. The summed E-state index contributed by atoms with van der Waals surface area (Å²) in [5.74, 6) is 0.636. The van der Waals surface area contributed by atoms with Gasteiger partial charge < -0.3 is 14.3 Å². The summed E-state index contributed by atoms with van der Waals surface area (Å²) >= 11 is 5.50. The molecule has 0 aliphatic carbocycles. The fourth-order valence-electron chi connectivity index (χ4n) is 1.65. The molecule has 1 fully saturated rings. The molecule has 0 atom stereocenters. The number of aryl methyl sites for hydroxylation is 1. The van der Waals surface area contributed by atoms with E-state index in [9.17, 15) is 4.79 Å². The van der Waals surface area contributed by atoms with E-state index in [1.807, 2.05) is 4.90 Å². The summed E-state index contributed by atoms with van der Waals surface area (Å²) in [5, 5.41) is 3.73. The number of hydrogen-bond donors (Lipinski definition) is 0. The van der Waals surface area contributed by atoms with Crippen molar-refractivity contribution in [3.63, 3.8) is 0 Å². The van der Waals surface area contributed by atoms with Crippen LogP contribution in [0, 0.1) is 6.92 Å². The first kappa shape index (κ1) is 14.1. The Hall–Kier alpha value is -1.01. The molecular weight excluding hydrogens is 267 g/mol. The van der Waals surface area contributed by atoms with Gasteiger partial charge in [-0.2, -0.15) is 4.98 Å². The number of alkyl halides is 1. The van der Waals surface area contributed by atoms with Gasteiger partial charge in [-0.15, -0.1) is 24.0 Å². The second-order valence-corrected chi connectivity index (χ2v) is 3.89. The van der Waals surface area contributed by atoms with Crippen molar-refractivity contribution in [2.75, 3.05) is 37.0 Å². The molecule has 0 bridgehead atoms. The molecule has 6 nitrogen and oxygen atoms in total. The summed E-state index contributed by atoms with van der Waals surface area (Å²) in [6.07, 6.45) is 0. The van der Waals surface area contributed by atoms with Crippen LogP contribution in [0.25, 0.3) is 0 Å². The van der Waals surface area contributed by atoms with Crippen LogP contribution in [0.5, 0.6) is 0 Å². The topological polar surface area (TPSA) is 62.5 Å². The number of carbonyl (C=O) groups is 1. The molecule has 8 heteroatoms. The number of nitrogens with zero attached hydrogens (tertiary/aromatic N) is 4. The highest BCUT2D eigenvalue weighted by atomic mass is 35.5. The molecule has 0 spiro atoms. The molecule has 0 unspecified atom stereocenters. The highest BCUT2D eigenvalue weighted by Crippen LogP contribution is 2.13. The van der Waals surface area contributed by atoms with Gasteiger partial charge in [0, 0.05) is 26.2 Å². The lowest BCUT2D eigenvalue weighted by molar-refractivity contribution is -0.128. The minimum Gasteiger partial charge on any atom is -0.338 e. The van der Waals surface area contributed by atoms with Crippen LogP contribution in [-0.2, 0) is 4.79 Å². The second kappa shape index (κ2) is 6.07. The predicted octanol–water partition coefficient (Wildman–Crippen LogP) is 0.687. The molecule has 0 aromatic carbocycles. The Kier molecular flexibility index (Phi) is 5.02. The van der Waals surface area contributed by atoms with E-state index in [-0.39, 0.29) is 24.2 Å². The van der Waals surface area contributed by atoms with Gasteiger partial charge in [0.25, 0.3) is 0 Å². The Morgan fingerprint density at radius 2 is 2.06 bits per heavy atom. The van der Waals surface area contributed by atoms with Gasteiger partial charge in [0.15, 0.2) is 5.82 Å². The number of aromatic nitrogens is 2. The van der Waals surface area contributed by atoms with Gasteiger partial charge in [-0.05, 0) is 6.92 Å². The number of rotatable bonds is 2. The number of anilines is 1. The molecule has 0 saturated carbocycles. The van der Waals surface area contributed by atoms with Gasteiger partial charge in [0.1, 0.15) is 5.88 Å². The highest BCUT2D eigenvalue weighted by Gasteiger charge is 2.23. The largest absolute Gasteiger partial charge is 0.338 e. The van der Waals surface area contributed by atoms with Crippen LogP contribution in [0.1, 0.15) is 5.82 Å². The third-order valence-corrected chi connectivity index (χ3v) is 2.76. The number of carbonyl (C=O) groups excluding carboxylic acids is 1. The zero-order valence-corrected chi connectivity index (χ0v) is 11.0. The van der Waals surface area contributed by atoms with Crippen LogP contribution in [0.4, 0.5) is 6.01 Å². The van der Waals surface area contributed by atoms with E-state index < -0.39 is 0 Å². The number of amides is 1. The van der Waals surface area contributed by atoms with E-state index in [4.69, 9.17) is 16.1 Å². The number of halogens is 2. The molecule has 1 aromatic rings. The first-order valence-corrected chi connectivity index (χ1v) is 5.63.